The fourth-order valence-corrected chi connectivity index (χ4v) is 4.12. The summed E-state index contributed by atoms with van der Waals surface area (Å²) in [5, 5.41) is 2.27. The zero-order valence-corrected chi connectivity index (χ0v) is 15.8. The minimum absolute atomic E-state index is 0.113. The average molecular weight is 363 g/mol. The van der Waals surface area contributed by atoms with Gasteiger partial charge in [-0.3, -0.25) is 0 Å². The average Bonchev–Trinajstić information content (AvgIpc) is 3.09. The van der Waals surface area contributed by atoms with E-state index in [2.05, 4.69) is 55.4 Å². The number of nitrogens with zero attached hydrogens (tertiary/aromatic N) is 3. The molecular weight excluding hydrogens is 340 g/mol. The second kappa shape index (κ2) is 7.11. The number of fused-ring (bicyclic) bond motifs is 2. The first-order chi connectivity index (χ1) is 12.6. The van der Waals surface area contributed by atoms with E-state index in [-0.39, 0.29) is 6.04 Å². The van der Waals surface area contributed by atoms with E-state index in [0.717, 1.165) is 40.3 Å². The molecule has 2 N–H and O–H groups in total. The van der Waals surface area contributed by atoms with Crippen LogP contribution in [0.15, 0.2) is 54.6 Å². The van der Waals surface area contributed by atoms with Crippen LogP contribution < -0.4 is 5.73 Å². The Hall–Kier alpha value is -2.34. The van der Waals surface area contributed by atoms with Crippen LogP contribution in [0.3, 0.4) is 0 Å². The summed E-state index contributed by atoms with van der Waals surface area (Å²) in [4.78, 5) is 12.9. The van der Waals surface area contributed by atoms with Gasteiger partial charge in [-0.15, -0.1) is 11.3 Å². The molecule has 0 radical (unpaired) electrons. The zero-order valence-electron chi connectivity index (χ0n) is 15.0. The summed E-state index contributed by atoms with van der Waals surface area (Å²) in [7, 11) is 4.13. The maximum atomic E-state index is 6.52. The summed E-state index contributed by atoms with van der Waals surface area (Å²) in [6, 6.07) is 18.6. The van der Waals surface area contributed by atoms with E-state index in [4.69, 9.17) is 15.7 Å². The summed E-state index contributed by atoms with van der Waals surface area (Å²) in [6.45, 7) is 0.928. The van der Waals surface area contributed by atoms with Gasteiger partial charge in [-0.25, -0.2) is 9.97 Å². The highest BCUT2D eigenvalue weighted by Crippen LogP contribution is 2.33. The van der Waals surface area contributed by atoms with E-state index in [1.807, 2.05) is 18.2 Å². The number of nitrogens with two attached hydrogens (primary N) is 1. The molecule has 4 nitrogen and oxygen atoms in total. The summed E-state index contributed by atoms with van der Waals surface area (Å²) >= 11 is 1.72. The molecule has 0 fully saturated rings. The minimum atomic E-state index is -0.113. The Morgan fingerprint density at radius 1 is 1.04 bits per heavy atom. The summed E-state index contributed by atoms with van der Waals surface area (Å²) in [5.41, 5.74) is 8.40. The van der Waals surface area contributed by atoms with Crippen molar-refractivity contribution in [3.63, 3.8) is 0 Å². The van der Waals surface area contributed by atoms with E-state index in [1.54, 1.807) is 11.3 Å². The van der Waals surface area contributed by atoms with E-state index in [1.165, 1.54) is 10.1 Å². The zero-order chi connectivity index (χ0) is 18.1. The quantitative estimate of drug-likeness (QED) is 0.569. The number of hydrogen-bond acceptors (Lipinski definition) is 5. The van der Waals surface area contributed by atoms with E-state index in [9.17, 15) is 0 Å². The molecule has 0 aliphatic rings. The molecule has 2 aromatic carbocycles. The van der Waals surface area contributed by atoms with Gasteiger partial charge in [0.05, 0.1) is 16.1 Å². The van der Waals surface area contributed by atoms with Crippen molar-refractivity contribution in [1.82, 2.24) is 14.9 Å². The highest BCUT2D eigenvalue weighted by Gasteiger charge is 2.16. The molecule has 1 unspecified atom stereocenters. The molecule has 4 rings (SSSR count). The third kappa shape index (κ3) is 3.33. The third-order valence-corrected chi connectivity index (χ3v) is 5.63. The van der Waals surface area contributed by atoms with Crippen molar-refractivity contribution in [3.05, 3.63) is 60.3 Å². The molecule has 4 aromatic rings. The highest BCUT2D eigenvalue weighted by molar-refractivity contribution is 7.22. The third-order valence-electron chi connectivity index (χ3n) is 4.52. The molecule has 5 heteroatoms. The Kier molecular flexibility index (Phi) is 4.68. The van der Waals surface area contributed by atoms with E-state index >= 15 is 0 Å². The first kappa shape index (κ1) is 17.1. The van der Waals surface area contributed by atoms with Gasteiger partial charge in [0.1, 0.15) is 0 Å². The lowest BCUT2D eigenvalue weighted by Gasteiger charge is -2.17. The maximum Gasteiger partial charge on any atom is 0.170 e. The Morgan fingerprint density at radius 2 is 1.81 bits per heavy atom. The Bertz CT molecular complexity index is 1020. The molecular formula is C21H22N4S. The smallest absolute Gasteiger partial charge is 0.170 e. The Balaban J connectivity index is 1.82. The van der Waals surface area contributed by atoms with Crippen LogP contribution in [-0.2, 0) is 0 Å². The summed E-state index contributed by atoms with van der Waals surface area (Å²) in [5.74, 6) is 0.764. The number of aromatic nitrogens is 2. The van der Waals surface area contributed by atoms with Crippen LogP contribution in [0, 0.1) is 0 Å². The normalized spacial score (nSPS) is 12.9. The second-order valence-electron chi connectivity index (χ2n) is 6.80. The second-order valence-corrected chi connectivity index (χ2v) is 7.88. The molecule has 2 aromatic heterocycles. The van der Waals surface area contributed by atoms with Crippen molar-refractivity contribution in [2.75, 3.05) is 20.6 Å². The van der Waals surface area contributed by atoms with Gasteiger partial charge in [-0.1, -0.05) is 36.4 Å². The molecule has 132 valence electrons. The lowest BCUT2D eigenvalue weighted by atomic mass is 10.1. The Labute approximate surface area is 157 Å². The molecule has 0 bridgehead atoms. The van der Waals surface area contributed by atoms with Gasteiger partial charge in [0.2, 0.25) is 0 Å². The van der Waals surface area contributed by atoms with Crippen molar-refractivity contribution < 1.29 is 0 Å². The number of benzene rings is 2. The van der Waals surface area contributed by atoms with E-state index in [0.29, 0.717) is 0 Å². The number of para-hydroxylation sites is 1. The standard InChI is InChI=1S/C21H22N4S/c1-25(2)12-11-16(22)20-15-8-4-5-9-17(15)23-21(24-20)19-13-14-7-3-6-10-18(14)26-19/h3-10,13,16H,11-12,22H2,1-2H3. The van der Waals surface area contributed by atoms with Crippen LogP contribution in [-0.4, -0.2) is 35.5 Å². The monoisotopic (exact) mass is 362 g/mol. The van der Waals surface area contributed by atoms with Crippen molar-refractivity contribution in [2.24, 2.45) is 5.73 Å². The van der Waals surface area contributed by atoms with Crippen molar-refractivity contribution >= 4 is 32.3 Å². The molecule has 0 saturated heterocycles. The van der Waals surface area contributed by atoms with Gasteiger partial charge in [0.25, 0.3) is 0 Å². The molecule has 1 atom stereocenters. The van der Waals surface area contributed by atoms with Crippen molar-refractivity contribution in [2.45, 2.75) is 12.5 Å². The molecule has 0 aliphatic carbocycles. The van der Waals surface area contributed by atoms with Crippen molar-refractivity contribution in [3.8, 4) is 10.7 Å². The Morgan fingerprint density at radius 3 is 2.62 bits per heavy atom. The summed E-state index contributed by atoms with van der Waals surface area (Å²) < 4.78 is 1.25. The number of hydrogen-bond donors (Lipinski definition) is 1. The van der Waals surface area contributed by atoms with Crippen molar-refractivity contribution in [1.29, 1.82) is 0 Å². The molecule has 26 heavy (non-hydrogen) atoms. The van der Waals surface area contributed by atoms with Gasteiger partial charge >= 0.3 is 0 Å². The number of rotatable bonds is 5. The van der Waals surface area contributed by atoms with Crippen LogP contribution in [0.5, 0.6) is 0 Å². The summed E-state index contributed by atoms with van der Waals surface area (Å²) in [6.07, 6.45) is 0.861. The molecule has 0 saturated carbocycles. The minimum Gasteiger partial charge on any atom is -0.323 e. The predicted molar refractivity (Wildman–Crippen MR) is 110 cm³/mol. The lowest BCUT2D eigenvalue weighted by molar-refractivity contribution is 0.381. The van der Waals surface area contributed by atoms with Gasteiger partial charge in [-0.05, 0) is 50.6 Å². The largest absolute Gasteiger partial charge is 0.323 e. The van der Waals surface area contributed by atoms with Crippen LogP contribution in [0.1, 0.15) is 18.2 Å². The fourth-order valence-electron chi connectivity index (χ4n) is 3.12. The molecule has 0 amide bonds. The molecule has 2 heterocycles. The fraction of sp³-hybridized carbons (Fsp3) is 0.238. The van der Waals surface area contributed by atoms with Crippen LogP contribution in [0.25, 0.3) is 31.7 Å². The lowest BCUT2D eigenvalue weighted by Crippen LogP contribution is -2.21. The first-order valence-electron chi connectivity index (χ1n) is 8.78. The van der Waals surface area contributed by atoms with Gasteiger partial charge < -0.3 is 10.6 Å². The molecule has 0 spiro atoms. The van der Waals surface area contributed by atoms with Gasteiger partial charge in [-0.2, -0.15) is 0 Å². The first-order valence-corrected chi connectivity index (χ1v) is 9.59. The molecule has 0 aliphatic heterocycles. The SMILES string of the molecule is CN(C)CCC(N)c1nc(-c2cc3ccccc3s2)nc2ccccc12. The maximum absolute atomic E-state index is 6.52. The highest BCUT2D eigenvalue weighted by atomic mass is 32.1. The van der Waals surface area contributed by atoms with Gasteiger partial charge in [0, 0.05) is 16.1 Å². The number of thiophene rings is 1. The van der Waals surface area contributed by atoms with E-state index < -0.39 is 0 Å². The van der Waals surface area contributed by atoms with Crippen LogP contribution in [0.4, 0.5) is 0 Å². The van der Waals surface area contributed by atoms with Gasteiger partial charge in [0.15, 0.2) is 5.82 Å². The van der Waals surface area contributed by atoms with Crippen LogP contribution in [0.2, 0.25) is 0 Å². The predicted octanol–water partition coefficient (Wildman–Crippen LogP) is 4.46. The van der Waals surface area contributed by atoms with Crippen LogP contribution >= 0.6 is 11.3 Å². The topological polar surface area (TPSA) is 55.0 Å².